The molecule has 1 fully saturated rings. The Kier molecular flexibility index (Phi) is 5.67. The maximum Gasteiger partial charge on any atom is 0.256 e. The number of hydrogen-bond donors (Lipinski definition) is 1. The van der Waals surface area contributed by atoms with Crippen molar-refractivity contribution >= 4 is 22.4 Å². The molecule has 1 aromatic heterocycles. The second-order valence-corrected chi connectivity index (χ2v) is 7.50. The highest BCUT2D eigenvalue weighted by Crippen LogP contribution is 2.20. The third kappa shape index (κ3) is 4.40. The number of piperazine rings is 1. The molecule has 0 saturated carbocycles. The van der Waals surface area contributed by atoms with Crippen molar-refractivity contribution in [2.24, 2.45) is 0 Å². The Morgan fingerprint density at radius 2 is 1.84 bits per heavy atom. The minimum absolute atomic E-state index is 0.00873. The summed E-state index contributed by atoms with van der Waals surface area (Å²) in [5.74, 6) is -1.04. The highest BCUT2D eigenvalue weighted by Gasteiger charge is 2.22. The number of nitrogens with one attached hydrogen (secondary N) is 1. The molecule has 0 atom stereocenters. The average Bonchev–Trinajstić information content (AvgIpc) is 2.78. The number of aryl methyl sites for hydroxylation is 1. The normalized spacial score (nSPS) is 14.0. The molecule has 1 amide bonds. The summed E-state index contributed by atoms with van der Waals surface area (Å²) in [5, 5.41) is 9.76. The predicted molar refractivity (Wildman–Crippen MR) is 113 cm³/mol. The van der Waals surface area contributed by atoms with Gasteiger partial charge in [0.05, 0.1) is 5.56 Å². The summed E-state index contributed by atoms with van der Waals surface area (Å²) >= 11 is 0. The molecule has 2 heterocycles. The number of aromatic amines is 1. The zero-order chi connectivity index (χ0) is 22.0. The third-order valence-corrected chi connectivity index (χ3v) is 5.54. The first kappa shape index (κ1) is 20.5. The van der Waals surface area contributed by atoms with Gasteiger partial charge in [-0.1, -0.05) is 6.07 Å². The zero-order valence-electron chi connectivity index (χ0n) is 16.7. The van der Waals surface area contributed by atoms with Crippen molar-refractivity contribution in [3.63, 3.8) is 0 Å². The molecule has 31 heavy (non-hydrogen) atoms. The molecule has 0 radical (unpaired) electrons. The minimum atomic E-state index is -0.550. The molecule has 0 unspecified atom stereocenters. The van der Waals surface area contributed by atoms with Crippen LogP contribution < -0.4 is 10.5 Å². The van der Waals surface area contributed by atoms with Crippen LogP contribution in [-0.2, 0) is 11.2 Å². The van der Waals surface area contributed by atoms with E-state index in [0.29, 0.717) is 49.4 Å². The van der Waals surface area contributed by atoms with Gasteiger partial charge in [0.2, 0.25) is 5.91 Å². The molecule has 1 aliphatic heterocycles. The Morgan fingerprint density at radius 3 is 2.55 bits per heavy atom. The lowest BCUT2D eigenvalue weighted by molar-refractivity contribution is -0.131. The second-order valence-electron chi connectivity index (χ2n) is 7.50. The molecule has 1 aliphatic rings. The second kappa shape index (κ2) is 8.56. The Morgan fingerprint density at radius 1 is 1.06 bits per heavy atom. The number of anilines is 1. The number of halogens is 2. The lowest BCUT2D eigenvalue weighted by Crippen LogP contribution is -2.48. The number of pyridine rings is 1. The van der Waals surface area contributed by atoms with Gasteiger partial charge in [-0.2, -0.15) is 5.26 Å². The third-order valence-electron chi connectivity index (χ3n) is 5.54. The van der Waals surface area contributed by atoms with Crippen LogP contribution in [-0.4, -0.2) is 42.0 Å². The lowest BCUT2D eigenvalue weighted by atomic mass is 10.1. The van der Waals surface area contributed by atoms with E-state index in [0.717, 1.165) is 0 Å². The topological polar surface area (TPSA) is 80.2 Å². The summed E-state index contributed by atoms with van der Waals surface area (Å²) in [6, 6.07) is 12.1. The lowest BCUT2D eigenvalue weighted by Gasteiger charge is -2.36. The van der Waals surface area contributed by atoms with Gasteiger partial charge >= 0.3 is 0 Å². The number of fused-ring (bicyclic) bond motifs is 1. The highest BCUT2D eigenvalue weighted by atomic mass is 19.1. The van der Waals surface area contributed by atoms with Crippen molar-refractivity contribution in [2.75, 3.05) is 31.1 Å². The summed E-state index contributed by atoms with van der Waals surface area (Å²) in [7, 11) is 0. The monoisotopic (exact) mass is 422 g/mol. The van der Waals surface area contributed by atoms with E-state index in [1.807, 2.05) is 4.90 Å². The molecule has 158 valence electrons. The van der Waals surface area contributed by atoms with Gasteiger partial charge < -0.3 is 14.8 Å². The summed E-state index contributed by atoms with van der Waals surface area (Å²) in [6.07, 6.45) is 0.622. The van der Waals surface area contributed by atoms with Crippen LogP contribution in [0.3, 0.4) is 0 Å². The molecule has 3 aromatic rings. The van der Waals surface area contributed by atoms with E-state index in [-0.39, 0.29) is 28.8 Å². The van der Waals surface area contributed by atoms with Gasteiger partial charge in [0.1, 0.15) is 17.7 Å². The van der Waals surface area contributed by atoms with Crippen molar-refractivity contribution in [2.45, 2.75) is 12.8 Å². The Labute approximate surface area is 177 Å². The molecule has 4 rings (SSSR count). The maximum absolute atomic E-state index is 13.9. The van der Waals surface area contributed by atoms with Crippen molar-refractivity contribution in [1.29, 1.82) is 5.26 Å². The first-order valence-electron chi connectivity index (χ1n) is 9.98. The van der Waals surface area contributed by atoms with Crippen molar-refractivity contribution in [1.82, 2.24) is 9.88 Å². The van der Waals surface area contributed by atoms with Crippen LogP contribution in [0.5, 0.6) is 0 Å². The van der Waals surface area contributed by atoms with E-state index in [1.54, 1.807) is 29.2 Å². The molecule has 0 spiro atoms. The standard InChI is InChI=1S/C23H20F2N4O2/c24-17-3-1-15-11-18(27-23(31)20(15)12-17)4-6-22(30)29-9-7-28(8-10-29)19-5-2-16(14-26)21(25)13-19/h1-3,5,11-13H,4,6-10H2,(H,27,31). The number of benzene rings is 2. The van der Waals surface area contributed by atoms with Crippen molar-refractivity contribution in [3.8, 4) is 6.07 Å². The summed E-state index contributed by atoms with van der Waals surface area (Å²) < 4.78 is 27.2. The number of hydrogen-bond acceptors (Lipinski definition) is 4. The number of H-pyrrole nitrogens is 1. The Bertz CT molecular complexity index is 1240. The van der Waals surface area contributed by atoms with E-state index >= 15 is 0 Å². The predicted octanol–water partition coefficient (Wildman–Crippen LogP) is 2.96. The molecule has 6 nitrogen and oxygen atoms in total. The van der Waals surface area contributed by atoms with E-state index in [1.165, 1.54) is 24.3 Å². The number of carbonyl (C=O) groups is 1. The highest BCUT2D eigenvalue weighted by molar-refractivity contribution is 5.82. The summed E-state index contributed by atoms with van der Waals surface area (Å²) in [4.78, 5) is 31.2. The molecule has 0 aliphatic carbocycles. The van der Waals surface area contributed by atoms with Crippen LogP contribution in [0.4, 0.5) is 14.5 Å². The van der Waals surface area contributed by atoms with E-state index in [2.05, 4.69) is 4.98 Å². The number of nitrogens with zero attached hydrogens (tertiary/aromatic N) is 3. The fraction of sp³-hybridized carbons (Fsp3) is 0.261. The van der Waals surface area contributed by atoms with Crippen LogP contribution in [0.2, 0.25) is 0 Å². The first-order chi connectivity index (χ1) is 14.9. The van der Waals surface area contributed by atoms with Gasteiger partial charge in [-0.3, -0.25) is 9.59 Å². The molecule has 1 saturated heterocycles. The average molecular weight is 422 g/mol. The van der Waals surface area contributed by atoms with E-state index in [9.17, 15) is 18.4 Å². The first-order valence-corrected chi connectivity index (χ1v) is 9.98. The van der Waals surface area contributed by atoms with Gasteiger partial charge in [0.15, 0.2) is 0 Å². The fourth-order valence-electron chi connectivity index (χ4n) is 3.83. The number of nitriles is 1. The van der Waals surface area contributed by atoms with Crippen LogP contribution in [0.25, 0.3) is 10.8 Å². The molecular formula is C23H20F2N4O2. The van der Waals surface area contributed by atoms with Gasteiger partial charge in [0, 0.05) is 49.4 Å². The van der Waals surface area contributed by atoms with Crippen LogP contribution >= 0.6 is 0 Å². The number of carbonyl (C=O) groups excluding carboxylic acids is 1. The molecule has 2 aromatic carbocycles. The smallest absolute Gasteiger partial charge is 0.256 e. The van der Waals surface area contributed by atoms with Crippen molar-refractivity contribution in [3.05, 3.63) is 75.7 Å². The maximum atomic E-state index is 13.9. The van der Waals surface area contributed by atoms with Gasteiger partial charge in [-0.05, 0) is 48.2 Å². The molecular weight excluding hydrogens is 402 g/mol. The van der Waals surface area contributed by atoms with E-state index < -0.39 is 11.6 Å². The fourth-order valence-corrected chi connectivity index (χ4v) is 3.83. The Hall–Kier alpha value is -3.73. The Balaban J connectivity index is 1.35. The van der Waals surface area contributed by atoms with Crippen molar-refractivity contribution < 1.29 is 13.6 Å². The SMILES string of the molecule is N#Cc1ccc(N2CCN(C(=O)CCc3cc4ccc(F)cc4c(=O)[nH]3)CC2)cc1F. The largest absolute Gasteiger partial charge is 0.368 e. The zero-order valence-corrected chi connectivity index (χ0v) is 16.7. The van der Waals surface area contributed by atoms with Crippen LogP contribution in [0, 0.1) is 23.0 Å². The van der Waals surface area contributed by atoms with Crippen LogP contribution in [0.15, 0.2) is 47.3 Å². The van der Waals surface area contributed by atoms with Gasteiger partial charge in [0.25, 0.3) is 5.56 Å². The van der Waals surface area contributed by atoms with Crippen LogP contribution in [0.1, 0.15) is 17.7 Å². The van der Waals surface area contributed by atoms with Gasteiger partial charge in [-0.25, -0.2) is 8.78 Å². The summed E-state index contributed by atoms with van der Waals surface area (Å²) in [5.41, 5.74) is 0.954. The number of amides is 1. The molecule has 8 heteroatoms. The molecule has 0 bridgehead atoms. The number of aromatic nitrogens is 1. The minimum Gasteiger partial charge on any atom is -0.368 e. The summed E-state index contributed by atoms with van der Waals surface area (Å²) in [6.45, 7) is 2.15. The quantitative estimate of drug-likeness (QED) is 0.701. The molecule has 1 N–H and O–H groups in total. The van der Waals surface area contributed by atoms with Gasteiger partial charge in [-0.15, -0.1) is 0 Å². The van der Waals surface area contributed by atoms with E-state index in [4.69, 9.17) is 5.26 Å². The number of rotatable bonds is 4.